The number of hydrogen-bond donors (Lipinski definition) is 1. The SMILES string of the molecule is COCCNCc1cc([N+](=O)[O-])ccc1OCCC1CC1. The number of nitro groups is 1. The molecule has 1 N–H and O–H groups in total. The molecule has 0 amide bonds. The molecular formula is C15H22N2O4. The van der Waals surface area contributed by atoms with Crippen LogP contribution in [0.5, 0.6) is 5.75 Å². The lowest BCUT2D eigenvalue weighted by Crippen LogP contribution is -2.19. The minimum Gasteiger partial charge on any atom is -0.493 e. The Morgan fingerprint density at radius 1 is 1.38 bits per heavy atom. The van der Waals surface area contributed by atoms with Crippen molar-refractivity contribution in [2.45, 2.75) is 25.8 Å². The lowest BCUT2D eigenvalue weighted by Gasteiger charge is -2.12. The van der Waals surface area contributed by atoms with E-state index < -0.39 is 0 Å². The third-order valence-electron chi connectivity index (χ3n) is 3.53. The largest absolute Gasteiger partial charge is 0.493 e. The Balaban J connectivity index is 1.95. The second-order valence-corrected chi connectivity index (χ2v) is 5.30. The average molecular weight is 294 g/mol. The highest BCUT2D eigenvalue weighted by Gasteiger charge is 2.21. The van der Waals surface area contributed by atoms with E-state index in [2.05, 4.69) is 5.32 Å². The number of non-ortho nitro benzene ring substituents is 1. The molecule has 0 atom stereocenters. The van der Waals surface area contributed by atoms with Gasteiger partial charge < -0.3 is 14.8 Å². The van der Waals surface area contributed by atoms with E-state index in [0.29, 0.717) is 26.3 Å². The summed E-state index contributed by atoms with van der Waals surface area (Å²) < 4.78 is 10.8. The molecule has 0 aliphatic heterocycles. The summed E-state index contributed by atoms with van der Waals surface area (Å²) in [4.78, 5) is 10.5. The van der Waals surface area contributed by atoms with E-state index in [1.54, 1.807) is 19.2 Å². The molecule has 1 aliphatic carbocycles. The van der Waals surface area contributed by atoms with Gasteiger partial charge in [-0.2, -0.15) is 0 Å². The van der Waals surface area contributed by atoms with Gasteiger partial charge in [0.2, 0.25) is 0 Å². The van der Waals surface area contributed by atoms with Crippen LogP contribution in [0.25, 0.3) is 0 Å². The van der Waals surface area contributed by atoms with Crippen LogP contribution in [0.4, 0.5) is 5.69 Å². The number of nitrogens with zero attached hydrogens (tertiary/aromatic N) is 1. The predicted molar refractivity (Wildman–Crippen MR) is 79.5 cm³/mol. The minimum absolute atomic E-state index is 0.0908. The maximum absolute atomic E-state index is 10.9. The van der Waals surface area contributed by atoms with Crippen molar-refractivity contribution in [1.82, 2.24) is 5.32 Å². The van der Waals surface area contributed by atoms with Crippen LogP contribution in [0, 0.1) is 16.0 Å². The van der Waals surface area contributed by atoms with E-state index in [1.165, 1.54) is 18.9 Å². The highest BCUT2D eigenvalue weighted by Crippen LogP contribution is 2.32. The highest BCUT2D eigenvalue weighted by molar-refractivity contribution is 5.43. The van der Waals surface area contributed by atoms with Crippen LogP contribution in [-0.2, 0) is 11.3 Å². The van der Waals surface area contributed by atoms with Crippen LogP contribution < -0.4 is 10.1 Å². The molecule has 116 valence electrons. The molecule has 0 saturated heterocycles. The van der Waals surface area contributed by atoms with Gasteiger partial charge in [0.1, 0.15) is 5.75 Å². The Morgan fingerprint density at radius 3 is 2.86 bits per heavy atom. The number of rotatable bonds is 10. The topological polar surface area (TPSA) is 73.6 Å². The summed E-state index contributed by atoms with van der Waals surface area (Å²) in [5.74, 6) is 1.54. The molecule has 2 rings (SSSR count). The molecule has 6 heteroatoms. The number of ether oxygens (including phenoxy) is 2. The molecule has 1 saturated carbocycles. The lowest BCUT2D eigenvalue weighted by atomic mass is 10.1. The van der Waals surface area contributed by atoms with Gasteiger partial charge in [-0.3, -0.25) is 10.1 Å². The molecule has 1 aromatic rings. The van der Waals surface area contributed by atoms with Crippen molar-refractivity contribution in [2.75, 3.05) is 26.9 Å². The van der Waals surface area contributed by atoms with Gasteiger partial charge in [-0.1, -0.05) is 12.8 Å². The van der Waals surface area contributed by atoms with Gasteiger partial charge in [0, 0.05) is 37.9 Å². The molecule has 0 unspecified atom stereocenters. The average Bonchev–Trinajstić information content (AvgIpc) is 3.28. The highest BCUT2D eigenvalue weighted by atomic mass is 16.6. The minimum atomic E-state index is -0.382. The van der Waals surface area contributed by atoms with Crippen molar-refractivity contribution in [1.29, 1.82) is 0 Å². The summed E-state index contributed by atoms with van der Waals surface area (Å²) in [6.45, 7) is 2.50. The standard InChI is InChI=1S/C15H22N2O4/c1-20-9-7-16-11-13-10-14(17(18)19)4-5-15(13)21-8-6-12-2-3-12/h4-5,10,12,16H,2-3,6-9,11H2,1H3. The van der Waals surface area contributed by atoms with Crippen molar-refractivity contribution in [3.63, 3.8) is 0 Å². The van der Waals surface area contributed by atoms with E-state index in [-0.39, 0.29) is 10.6 Å². The first kappa shape index (κ1) is 15.7. The number of hydrogen-bond acceptors (Lipinski definition) is 5. The summed E-state index contributed by atoms with van der Waals surface area (Å²) >= 11 is 0. The molecule has 1 aliphatic rings. The Morgan fingerprint density at radius 2 is 2.19 bits per heavy atom. The van der Waals surface area contributed by atoms with E-state index in [0.717, 1.165) is 23.7 Å². The Bertz CT molecular complexity index is 475. The Hall–Kier alpha value is -1.66. The number of benzene rings is 1. The molecule has 1 aromatic carbocycles. The van der Waals surface area contributed by atoms with E-state index in [4.69, 9.17) is 9.47 Å². The third-order valence-corrected chi connectivity index (χ3v) is 3.53. The van der Waals surface area contributed by atoms with Gasteiger partial charge in [-0.25, -0.2) is 0 Å². The fourth-order valence-corrected chi connectivity index (χ4v) is 2.10. The molecule has 0 radical (unpaired) electrons. The fraction of sp³-hybridized carbons (Fsp3) is 0.600. The van der Waals surface area contributed by atoms with Crippen LogP contribution in [0.15, 0.2) is 18.2 Å². The second kappa shape index (κ2) is 7.95. The number of nitro benzene ring substituents is 1. The molecular weight excluding hydrogens is 272 g/mol. The summed E-state index contributed by atoms with van der Waals surface area (Å²) in [6, 6.07) is 4.76. The molecule has 0 aromatic heterocycles. The number of nitrogens with one attached hydrogen (secondary N) is 1. The summed E-state index contributed by atoms with van der Waals surface area (Å²) in [7, 11) is 1.64. The third kappa shape index (κ3) is 5.32. The van der Waals surface area contributed by atoms with Crippen LogP contribution in [-0.4, -0.2) is 31.8 Å². The van der Waals surface area contributed by atoms with E-state index >= 15 is 0 Å². The zero-order chi connectivity index (χ0) is 15.1. The molecule has 0 bridgehead atoms. The summed E-state index contributed by atoms with van der Waals surface area (Å²) in [6.07, 6.45) is 3.66. The van der Waals surface area contributed by atoms with Crippen molar-refractivity contribution >= 4 is 5.69 Å². The normalized spacial score (nSPS) is 14.1. The fourth-order valence-electron chi connectivity index (χ4n) is 2.10. The Kier molecular flexibility index (Phi) is 5.95. The predicted octanol–water partition coefficient (Wildman–Crippen LogP) is 2.51. The maximum Gasteiger partial charge on any atom is 0.270 e. The van der Waals surface area contributed by atoms with Crippen molar-refractivity contribution in [3.8, 4) is 5.75 Å². The van der Waals surface area contributed by atoms with Gasteiger partial charge in [0.05, 0.1) is 18.1 Å². The van der Waals surface area contributed by atoms with Crippen molar-refractivity contribution in [3.05, 3.63) is 33.9 Å². The van der Waals surface area contributed by atoms with Gasteiger partial charge in [0.15, 0.2) is 0 Å². The maximum atomic E-state index is 10.9. The van der Waals surface area contributed by atoms with E-state index in [1.807, 2.05) is 0 Å². The first-order valence-corrected chi connectivity index (χ1v) is 7.30. The van der Waals surface area contributed by atoms with Crippen LogP contribution in [0.3, 0.4) is 0 Å². The Labute approximate surface area is 124 Å². The summed E-state index contributed by atoms with van der Waals surface area (Å²) in [5, 5.41) is 14.1. The van der Waals surface area contributed by atoms with Gasteiger partial charge in [-0.15, -0.1) is 0 Å². The van der Waals surface area contributed by atoms with Crippen molar-refractivity contribution in [2.24, 2.45) is 5.92 Å². The van der Waals surface area contributed by atoms with Crippen molar-refractivity contribution < 1.29 is 14.4 Å². The first-order chi connectivity index (χ1) is 10.2. The zero-order valence-electron chi connectivity index (χ0n) is 12.3. The molecule has 1 fully saturated rings. The smallest absolute Gasteiger partial charge is 0.270 e. The van der Waals surface area contributed by atoms with E-state index in [9.17, 15) is 10.1 Å². The van der Waals surface area contributed by atoms with Crippen LogP contribution in [0.1, 0.15) is 24.8 Å². The first-order valence-electron chi connectivity index (χ1n) is 7.30. The van der Waals surface area contributed by atoms with Gasteiger partial charge in [0.25, 0.3) is 5.69 Å². The molecule has 21 heavy (non-hydrogen) atoms. The second-order valence-electron chi connectivity index (χ2n) is 5.30. The number of methoxy groups -OCH3 is 1. The van der Waals surface area contributed by atoms with Gasteiger partial charge >= 0.3 is 0 Å². The molecule has 6 nitrogen and oxygen atoms in total. The zero-order valence-corrected chi connectivity index (χ0v) is 12.3. The van der Waals surface area contributed by atoms with Crippen LogP contribution in [0.2, 0.25) is 0 Å². The molecule has 0 heterocycles. The monoisotopic (exact) mass is 294 g/mol. The van der Waals surface area contributed by atoms with Gasteiger partial charge in [-0.05, 0) is 18.4 Å². The lowest BCUT2D eigenvalue weighted by molar-refractivity contribution is -0.384. The molecule has 0 spiro atoms. The summed E-state index contributed by atoms with van der Waals surface area (Å²) in [5.41, 5.74) is 0.907. The van der Waals surface area contributed by atoms with Crippen LogP contribution >= 0.6 is 0 Å². The quantitative estimate of drug-likeness (QED) is 0.408.